The van der Waals surface area contributed by atoms with Crippen LogP contribution in [0.15, 0.2) is 0 Å². The Morgan fingerprint density at radius 3 is 0.597 bits per heavy atom. The second kappa shape index (κ2) is 55.8. The van der Waals surface area contributed by atoms with Crippen LogP contribution < -0.4 is 0 Å². The van der Waals surface area contributed by atoms with Gasteiger partial charge in [0.1, 0.15) is 13.2 Å². The first-order valence-corrected chi connectivity index (χ1v) is 31.0. The molecule has 0 rings (SSSR count). The van der Waals surface area contributed by atoms with E-state index in [1.807, 2.05) is 6.92 Å². The summed E-state index contributed by atoms with van der Waals surface area (Å²) in [5.74, 6) is -0.413. The maximum Gasteiger partial charge on any atom is 0.305 e. The lowest BCUT2D eigenvalue weighted by molar-refractivity contribution is -0.156. The molecule has 0 unspecified atom stereocenters. The SMILES string of the molecule is CCCCCCCCCCCCCCCCCCCCCCCCCCCC(=O)OCC(CC)(CO)COC(=O)CCCCCCCCCCCCCCCCCCCCCCCCCCC. The third-order valence-corrected chi connectivity index (χ3v) is 15.1. The zero-order chi connectivity index (χ0) is 48.7. The van der Waals surface area contributed by atoms with Crippen LogP contribution in [0.1, 0.15) is 361 Å². The molecule has 0 heterocycles. The maximum atomic E-state index is 12.5. The van der Waals surface area contributed by atoms with E-state index in [9.17, 15) is 14.7 Å². The Morgan fingerprint density at radius 2 is 0.448 bits per heavy atom. The molecule has 0 fully saturated rings. The van der Waals surface area contributed by atoms with Gasteiger partial charge >= 0.3 is 11.9 Å². The number of aliphatic hydroxyl groups excluding tert-OH is 1. The van der Waals surface area contributed by atoms with Crippen molar-refractivity contribution < 1.29 is 24.2 Å². The summed E-state index contributed by atoms with van der Waals surface area (Å²) in [4.78, 5) is 25.0. The number of carbonyl (C=O) groups is 2. The van der Waals surface area contributed by atoms with Crippen LogP contribution in [0.25, 0.3) is 0 Å². The number of carbonyl (C=O) groups excluding carboxylic acids is 2. The predicted molar refractivity (Wildman–Crippen MR) is 293 cm³/mol. The summed E-state index contributed by atoms with van der Waals surface area (Å²) in [5, 5.41) is 10.2. The Bertz CT molecular complexity index is 889. The molecule has 0 aliphatic rings. The highest BCUT2D eigenvalue weighted by Crippen LogP contribution is 2.24. The monoisotopic (exact) mass is 947 g/mol. The molecule has 0 aromatic carbocycles. The summed E-state index contributed by atoms with van der Waals surface area (Å²) in [5.41, 5.74) is -0.719. The van der Waals surface area contributed by atoms with E-state index in [0.29, 0.717) is 19.3 Å². The Labute approximate surface area is 420 Å². The molecular formula is C62H122O5. The molecule has 0 aliphatic carbocycles. The van der Waals surface area contributed by atoms with Gasteiger partial charge in [0.25, 0.3) is 0 Å². The van der Waals surface area contributed by atoms with Crippen molar-refractivity contribution in [3.8, 4) is 0 Å². The minimum absolute atomic E-state index is 0.102. The summed E-state index contributed by atoms with van der Waals surface area (Å²) in [6, 6.07) is 0. The molecule has 0 spiro atoms. The van der Waals surface area contributed by atoms with Crippen molar-refractivity contribution >= 4 is 11.9 Å². The van der Waals surface area contributed by atoms with E-state index in [1.165, 1.54) is 295 Å². The molecule has 0 saturated heterocycles. The first kappa shape index (κ1) is 65.9. The highest BCUT2D eigenvalue weighted by Gasteiger charge is 2.31. The Balaban J connectivity index is 3.55. The van der Waals surface area contributed by atoms with Gasteiger partial charge < -0.3 is 14.6 Å². The number of unbranched alkanes of at least 4 members (excludes halogenated alkanes) is 48. The Kier molecular flexibility index (Phi) is 54.9. The van der Waals surface area contributed by atoms with Gasteiger partial charge in [0, 0.05) is 12.8 Å². The van der Waals surface area contributed by atoms with Gasteiger partial charge in [-0.1, -0.05) is 329 Å². The van der Waals surface area contributed by atoms with E-state index in [-0.39, 0.29) is 31.8 Å². The molecule has 0 aromatic rings. The number of hydrogen-bond acceptors (Lipinski definition) is 5. The van der Waals surface area contributed by atoms with E-state index >= 15 is 0 Å². The van der Waals surface area contributed by atoms with Crippen molar-refractivity contribution in [1.29, 1.82) is 0 Å². The lowest BCUT2D eigenvalue weighted by Gasteiger charge is -2.29. The molecule has 67 heavy (non-hydrogen) atoms. The summed E-state index contributed by atoms with van der Waals surface area (Å²) in [6.07, 6.45) is 69.7. The van der Waals surface area contributed by atoms with E-state index in [1.54, 1.807) is 0 Å². The third-order valence-electron chi connectivity index (χ3n) is 15.1. The van der Waals surface area contributed by atoms with Crippen LogP contribution in [0, 0.1) is 5.41 Å². The van der Waals surface area contributed by atoms with Gasteiger partial charge in [-0.05, 0) is 19.3 Å². The molecular weight excluding hydrogens is 825 g/mol. The van der Waals surface area contributed by atoms with Gasteiger partial charge in [0.05, 0.1) is 12.0 Å². The quantitative estimate of drug-likeness (QED) is 0.0486. The zero-order valence-corrected chi connectivity index (χ0v) is 46.2. The molecule has 0 radical (unpaired) electrons. The fourth-order valence-electron chi connectivity index (χ4n) is 9.88. The molecule has 0 atom stereocenters. The van der Waals surface area contributed by atoms with Crippen LogP contribution >= 0.6 is 0 Å². The van der Waals surface area contributed by atoms with Gasteiger partial charge in [0.2, 0.25) is 0 Å². The highest BCUT2D eigenvalue weighted by atomic mass is 16.5. The van der Waals surface area contributed by atoms with Crippen molar-refractivity contribution in [2.24, 2.45) is 5.41 Å². The summed E-state index contributed by atoms with van der Waals surface area (Å²) in [7, 11) is 0. The average molecular weight is 948 g/mol. The smallest absolute Gasteiger partial charge is 0.305 e. The van der Waals surface area contributed by atoms with Crippen molar-refractivity contribution in [3.05, 3.63) is 0 Å². The van der Waals surface area contributed by atoms with Gasteiger partial charge in [-0.15, -0.1) is 0 Å². The Morgan fingerprint density at radius 1 is 0.284 bits per heavy atom. The van der Waals surface area contributed by atoms with Crippen LogP contribution in [0.4, 0.5) is 0 Å². The molecule has 0 aliphatic heterocycles. The third kappa shape index (κ3) is 51.1. The Hall–Kier alpha value is -1.10. The second-order valence-corrected chi connectivity index (χ2v) is 21.8. The molecule has 0 bridgehead atoms. The normalized spacial score (nSPS) is 11.8. The van der Waals surface area contributed by atoms with Crippen molar-refractivity contribution in [2.45, 2.75) is 361 Å². The number of rotatable bonds is 58. The molecule has 400 valence electrons. The molecule has 1 N–H and O–H groups in total. The van der Waals surface area contributed by atoms with Crippen LogP contribution in [0.3, 0.4) is 0 Å². The molecule has 0 saturated carbocycles. The van der Waals surface area contributed by atoms with Crippen LogP contribution in [-0.2, 0) is 19.1 Å². The summed E-state index contributed by atoms with van der Waals surface area (Å²) in [6.45, 7) is 6.59. The van der Waals surface area contributed by atoms with E-state index in [4.69, 9.17) is 9.47 Å². The first-order chi connectivity index (χ1) is 33.0. The molecule has 0 aromatic heterocycles. The topological polar surface area (TPSA) is 72.8 Å². The fourth-order valence-corrected chi connectivity index (χ4v) is 9.88. The van der Waals surface area contributed by atoms with Crippen molar-refractivity contribution in [1.82, 2.24) is 0 Å². The van der Waals surface area contributed by atoms with Crippen LogP contribution in [0.2, 0.25) is 0 Å². The molecule has 5 heteroatoms. The summed E-state index contributed by atoms with van der Waals surface area (Å²) >= 11 is 0. The number of esters is 2. The van der Waals surface area contributed by atoms with Gasteiger partial charge in [0.15, 0.2) is 0 Å². The largest absolute Gasteiger partial charge is 0.465 e. The van der Waals surface area contributed by atoms with Crippen molar-refractivity contribution in [2.75, 3.05) is 19.8 Å². The van der Waals surface area contributed by atoms with Crippen LogP contribution in [0.5, 0.6) is 0 Å². The van der Waals surface area contributed by atoms with Crippen molar-refractivity contribution in [3.63, 3.8) is 0 Å². The highest BCUT2D eigenvalue weighted by molar-refractivity contribution is 5.69. The van der Waals surface area contributed by atoms with E-state index in [0.717, 1.165) is 25.7 Å². The van der Waals surface area contributed by atoms with E-state index in [2.05, 4.69) is 13.8 Å². The number of ether oxygens (including phenoxy) is 2. The fraction of sp³-hybridized carbons (Fsp3) is 0.968. The van der Waals surface area contributed by atoms with Gasteiger partial charge in [-0.3, -0.25) is 9.59 Å². The van der Waals surface area contributed by atoms with Gasteiger partial charge in [-0.2, -0.15) is 0 Å². The maximum absolute atomic E-state index is 12.5. The first-order valence-electron chi connectivity index (χ1n) is 31.0. The second-order valence-electron chi connectivity index (χ2n) is 21.8. The lowest BCUT2D eigenvalue weighted by Crippen LogP contribution is -2.37. The molecule has 0 amide bonds. The summed E-state index contributed by atoms with van der Waals surface area (Å²) < 4.78 is 11.2. The van der Waals surface area contributed by atoms with E-state index < -0.39 is 5.41 Å². The standard InChI is InChI=1S/C62H122O5/c1-4-7-9-11-13-15-17-19-21-23-25-27-29-31-33-35-37-39-41-43-45-47-49-51-53-55-60(64)66-58-62(6-3,57-63)59-67-61(65)56-54-52-50-48-46-44-42-40-38-36-34-32-30-28-26-24-22-20-18-16-14-12-10-8-5-2/h63H,4-59H2,1-3H3. The number of hydrogen-bond donors (Lipinski definition) is 1. The number of aliphatic hydroxyl groups is 1. The average Bonchev–Trinajstić information content (AvgIpc) is 3.34. The van der Waals surface area contributed by atoms with Crippen LogP contribution in [-0.4, -0.2) is 36.9 Å². The minimum Gasteiger partial charge on any atom is -0.465 e. The van der Waals surface area contributed by atoms with Gasteiger partial charge in [-0.25, -0.2) is 0 Å². The minimum atomic E-state index is -0.719. The predicted octanol–water partition coefficient (Wildman–Crippen LogP) is 20.8. The lowest BCUT2D eigenvalue weighted by atomic mass is 9.88. The molecule has 5 nitrogen and oxygen atoms in total. The zero-order valence-electron chi connectivity index (χ0n) is 46.2.